The number of halogens is 2. The van der Waals surface area contributed by atoms with Crippen LogP contribution in [0, 0.1) is 22.9 Å². The number of amides is 1. The Kier molecular flexibility index (Phi) is 6.38. The Hall–Kier alpha value is -3.37. The van der Waals surface area contributed by atoms with Crippen molar-refractivity contribution in [2.45, 2.75) is 6.92 Å². The van der Waals surface area contributed by atoms with E-state index in [-0.39, 0.29) is 21.3 Å². The van der Waals surface area contributed by atoms with Gasteiger partial charge in [0, 0.05) is 16.7 Å². The number of nitro benzene ring substituents is 1. The molecular formula is C19H13ClFN3O5S. The minimum Gasteiger partial charge on any atom is -0.451 e. The smallest absolute Gasteiger partial charge is 0.350 e. The largest absolute Gasteiger partial charge is 0.451 e. The van der Waals surface area contributed by atoms with Crippen LogP contribution < -0.4 is 5.32 Å². The number of aryl methyl sites for hydroxylation is 1. The van der Waals surface area contributed by atoms with Crippen LogP contribution in [0.3, 0.4) is 0 Å². The fourth-order valence-electron chi connectivity index (χ4n) is 2.45. The van der Waals surface area contributed by atoms with Gasteiger partial charge in [0.1, 0.15) is 21.4 Å². The molecular weight excluding hydrogens is 437 g/mol. The molecule has 0 saturated heterocycles. The normalized spacial score (nSPS) is 10.5. The Morgan fingerprint density at radius 1 is 1.27 bits per heavy atom. The van der Waals surface area contributed by atoms with Gasteiger partial charge in [-0.05, 0) is 43.3 Å². The third kappa shape index (κ3) is 4.97. The van der Waals surface area contributed by atoms with Gasteiger partial charge in [0.15, 0.2) is 6.61 Å². The van der Waals surface area contributed by atoms with Crippen molar-refractivity contribution < 1.29 is 23.6 Å². The van der Waals surface area contributed by atoms with Crippen molar-refractivity contribution >= 4 is 46.2 Å². The highest BCUT2D eigenvalue weighted by Crippen LogP contribution is 2.29. The second kappa shape index (κ2) is 8.97. The lowest BCUT2D eigenvalue weighted by Gasteiger charge is -2.07. The van der Waals surface area contributed by atoms with Crippen molar-refractivity contribution in [1.82, 2.24) is 4.98 Å². The predicted molar refractivity (Wildman–Crippen MR) is 109 cm³/mol. The van der Waals surface area contributed by atoms with Crippen LogP contribution in [0.5, 0.6) is 0 Å². The first kappa shape index (κ1) is 21.3. The summed E-state index contributed by atoms with van der Waals surface area (Å²) in [7, 11) is 0. The number of carbonyl (C=O) groups excluding carboxylic acids is 2. The minimum atomic E-state index is -0.765. The number of hydrogen-bond donors (Lipinski definition) is 1. The Labute approximate surface area is 178 Å². The number of benzene rings is 2. The molecule has 154 valence electrons. The molecule has 1 amide bonds. The monoisotopic (exact) mass is 449 g/mol. The number of ether oxygens (including phenoxy) is 1. The molecule has 0 aliphatic heterocycles. The van der Waals surface area contributed by atoms with Crippen molar-refractivity contribution in [3.63, 3.8) is 0 Å². The summed E-state index contributed by atoms with van der Waals surface area (Å²) in [5.41, 5.74) is 0.580. The average Bonchev–Trinajstić information content (AvgIpc) is 3.09. The van der Waals surface area contributed by atoms with E-state index < -0.39 is 29.2 Å². The van der Waals surface area contributed by atoms with Crippen LogP contribution in [-0.4, -0.2) is 28.4 Å². The molecule has 3 rings (SSSR count). The van der Waals surface area contributed by atoms with E-state index in [1.165, 1.54) is 36.4 Å². The zero-order chi connectivity index (χ0) is 21.8. The third-order valence-electron chi connectivity index (χ3n) is 3.84. The van der Waals surface area contributed by atoms with Gasteiger partial charge in [0.2, 0.25) is 0 Å². The highest BCUT2D eigenvalue weighted by atomic mass is 35.5. The lowest BCUT2D eigenvalue weighted by molar-refractivity contribution is -0.383. The minimum absolute atomic E-state index is 0.0713. The van der Waals surface area contributed by atoms with Crippen LogP contribution in [0.4, 0.5) is 15.8 Å². The standard InChI is InChI=1S/C19H13ClFN3O5S/c1-10-17(30-18(22-10)11-2-5-13(21)6-3-11)19(26)29-9-16(25)23-14-7-4-12(20)8-15(14)24(27)28/h2-8H,9H2,1H3,(H,23,25). The first-order valence-electron chi connectivity index (χ1n) is 8.39. The third-order valence-corrected chi connectivity index (χ3v) is 5.26. The summed E-state index contributed by atoms with van der Waals surface area (Å²) < 4.78 is 18.1. The molecule has 0 aliphatic carbocycles. The molecule has 2 aromatic carbocycles. The average molecular weight is 450 g/mol. The zero-order valence-electron chi connectivity index (χ0n) is 15.3. The summed E-state index contributed by atoms with van der Waals surface area (Å²) >= 11 is 6.77. The Morgan fingerprint density at radius 3 is 2.63 bits per heavy atom. The van der Waals surface area contributed by atoms with Crippen LogP contribution >= 0.6 is 22.9 Å². The number of carbonyl (C=O) groups is 2. The Morgan fingerprint density at radius 2 is 1.97 bits per heavy atom. The van der Waals surface area contributed by atoms with Gasteiger partial charge in [0.05, 0.1) is 10.6 Å². The maximum Gasteiger partial charge on any atom is 0.350 e. The van der Waals surface area contributed by atoms with Gasteiger partial charge in [-0.2, -0.15) is 0 Å². The van der Waals surface area contributed by atoms with Gasteiger partial charge in [-0.25, -0.2) is 14.2 Å². The van der Waals surface area contributed by atoms with E-state index in [1.807, 2.05) is 0 Å². The molecule has 0 saturated carbocycles. The van der Waals surface area contributed by atoms with E-state index in [0.717, 1.165) is 17.4 Å². The molecule has 0 atom stereocenters. The molecule has 8 nitrogen and oxygen atoms in total. The van der Waals surface area contributed by atoms with Crippen LogP contribution in [0.25, 0.3) is 10.6 Å². The number of nitrogens with zero attached hydrogens (tertiary/aromatic N) is 2. The summed E-state index contributed by atoms with van der Waals surface area (Å²) in [5.74, 6) is -1.91. The molecule has 0 fully saturated rings. The number of nitrogens with one attached hydrogen (secondary N) is 1. The van der Waals surface area contributed by atoms with Crippen LogP contribution in [0.2, 0.25) is 5.02 Å². The van der Waals surface area contributed by atoms with Gasteiger partial charge >= 0.3 is 5.97 Å². The summed E-state index contributed by atoms with van der Waals surface area (Å²) in [5, 5.41) is 14.0. The topological polar surface area (TPSA) is 111 Å². The van der Waals surface area contributed by atoms with E-state index in [0.29, 0.717) is 16.3 Å². The molecule has 11 heteroatoms. The van der Waals surface area contributed by atoms with Crippen LogP contribution in [-0.2, 0) is 9.53 Å². The number of thiazole rings is 1. The number of anilines is 1. The number of aromatic nitrogens is 1. The van der Waals surface area contributed by atoms with E-state index in [1.54, 1.807) is 6.92 Å². The molecule has 1 aromatic heterocycles. The van der Waals surface area contributed by atoms with Gasteiger partial charge in [-0.1, -0.05) is 11.6 Å². The quantitative estimate of drug-likeness (QED) is 0.334. The highest BCUT2D eigenvalue weighted by molar-refractivity contribution is 7.17. The SMILES string of the molecule is Cc1nc(-c2ccc(F)cc2)sc1C(=O)OCC(=O)Nc1ccc(Cl)cc1[N+](=O)[O-]. The molecule has 0 unspecified atom stereocenters. The second-order valence-corrected chi connectivity index (χ2v) is 7.42. The molecule has 1 N–H and O–H groups in total. The lowest BCUT2D eigenvalue weighted by atomic mass is 10.2. The fraction of sp³-hybridized carbons (Fsp3) is 0.105. The number of nitro groups is 1. The lowest BCUT2D eigenvalue weighted by Crippen LogP contribution is -2.21. The maximum absolute atomic E-state index is 13.1. The second-order valence-electron chi connectivity index (χ2n) is 5.98. The van der Waals surface area contributed by atoms with Crippen LogP contribution in [0.1, 0.15) is 15.4 Å². The first-order valence-corrected chi connectivity index (χ1v) is 9.58. The predicted octanol–water partition coefficient (Wildman–Crippen LogP) is 4.61. The molecule has 0 bridgehead atoms. The number of esters is 1. The van der Waals surface area contributed by atoms with E-state index in [4.69, 9.17) is 16.3 Å². The molecule has 1 heterocycles. The van der Waals surface area contributed by atoms with Gasteiger partial charge in [0.25, 0.3) is 11.6 Å². The van der Waals surface area contributed by atoms with E-state index in [9.17, 15) is 24.1 Å². The van der Waals surface area contributed by atoms with Crippen molar-refractivity contribution in [2.24, 2.45) is 0 Å². The van der Waals surface area contributed by atoms with E-state index >= 15 is 0 Å². The zero-order valence-corrected chi connectivity index (χ0v) is 16.9. The first-order chi connectivity index (χ1) is 14.2. The van der Waals surface area contributed by atoms with Crippen molar-refractivity contribution in [3.8, 4) is 10.6 Å². The summed E-state index contributed by atoms with van der Waals surface area (Å²) in [6.07, 6.45) is 0. The van der Waals surface area contributed by atoms with Crippen molar-refractivity contribution in [2.75, 3.05) is 11.9 Å². The Bertz CT molecular complexity index is 1130. The summed E-state index contributed by atoms with van der Waals surface area (Å²) in [6, 6.07) is 9.40. The number of rotatable bonds is 6. The van der Waals surface area contributed by atoms with Crippen LogP contribution in [0.15, 0.2) is 42.5 Å². The molecule has 0 spiro atoms. The highest BCUT2D eigenvalue weighted by Gasteiger charge is 2.20. The van der Waals surface area contributed by atoms with Crippen molar-refractivity contribution in [3.05, 3.63) is 74.0 Å². The number of hydrogen-bond acceptors (Lipinski definition) is 7. The molecule has 0 aliphatic rings. The van der Waals surface area contributed by atoms with Gasteiger partial charge in [-0.3, -0.25) is 14.9 Å². The summed E-state index contributed by atoms with van der Waals surface area (Å²) in [4.78, 5) is 39.2. The van der Waals surface area contributed by atoms with E-state index in [2.05, 4.69) is 10.3 Å². The molecule has 3 aromatic rings. The summed E-state index contributed by atoms with van der Waals surface area (Å²) in [6.45, 7) is 0.957. The Balaban J connectivity index is 1.65. The van der Waals surface area contributed by atoms with Gasteiger partial charge < -0.3 is 10.1 Å². The maximum atomic E-state index is 13.1. The molecule has 0 radical (unpaired) electrons. The van der Waals surface area contributed by atoms with Gasteiger partial charge in [-0.15, -0.1) is 11.3 Å². The fourth-order valence-corrected chi connectivity index (χ4v) is 3.58. The molecule has 30 heavy (non-hydrogen) atoms. The van der Waals surface area contributed by atoms with Crippen molar-refractivity contribution in [1.29, 1.82) is 0 Å².